The summed E-state index contributed by atoms with van der Waals surface area (Å²) in [5, 5.41) is 3.31. The molecular weight excluding hydrogens is 190 g/mol. The van der Waals surface area contributed by atoms with Crippen LogP contribution in [0, 0.1) is 0 Å². The molecule has 0 spiro atoms. The lowest BCUT2D eigenvalue weighted by molar-refractivity contribution is -0.00901. The van der Waals surface area contributed by atoms with E-state index in [-0.39, 0.29) is 5.60 Å². The highest BCUT2D eigenvalue weighted by molar-refractivity contribution is 4.97. The molecule has 0 unspecified atom stereocenters. The average molecular weight is 209 g/mol. The summed E-state index contributed by atoms with van der Waals surface area (Å²) in [5.41, 5.74) is 0.874. The fourth-order valence-electron chi connectivity index (χ4n) is 1.36. The van der Waals surface area contributed by atoms with Gasteiger partial charge in [0.15, 0.2) is 0 Å². The molecule has 4 nitrogen and oxygen atoms in total. The fraction of sp³-hybridized carbons (Fsp3) is 0.636. The summed E-state index contributed by atoms with van der Waals surface area (Å²) in [6, 6.07) is 1.90. The molecule has 0 atom stereocenters. The molecule has 0 saturated carbocycles. The Morgan fingerprint density at radius 2 is 2.27 bits per heavy atom. The third-order valence-corrected chi connectivity index (χ3v) is 2.04. The third-order valence-electron chi connectivity index (χ3n) is 2.04. The third kappa shape index (κ3) is 4.85. The van der Waals surface area contributed by atoms with Crippen molar-refractivity contribution < 1.29 is 4.74 Å². The maximum Gasteiger partial charge on any atom is 0.115 e. The molecule has 1 heterocycles. The van der Waals surface area contributed by atoms with E-state index in [0.717, 1.165) is 25.4 Å². The van der Waals surface area contributed by atoms with Gasteiger partial charge in [-0.3, -0.25) is 0 Å². The van der Waals surface area contributed by atoms with Crippen molar-refractivity contribution in [3.05, 3.63) is 24.3 Å². The Morgan fingerprint density at radius 3 is 2.87 bits per heavy atom. The standard InChI is InChI=1S/C11H19N3O/c1-4-15-11(2,3)8-13-7-10-5-6-12-9-14-10/h5-6,9,13H,4,7-8H2,1-3H3. The topological polar surface area (TPSA) is 47.0 Å². The van der Waals surface area contributed by atoms with Crippen LogP contribution < -0.4 is 5.32 Å². The number of aromatic nitrogens is 2. The van der Waals surface area contributed by atoms with Crippen LogP contribution in [0.2, 0.25) is 0 Å². The Kier molecular flexibility index (Phi) is 4.65. The Balaban J connectivity index is 2.27. The van der Waals surface area contributed by atoms with Gasteiger partial charge in [-0.05, 0) is 26.8 Å². The highest BCUT2D eigenvalue weighted by Crippen LogP contribution is 2.06. The molecule has 0 aliphatic rings. The van der Waals surface area contributed by atoms with Gasteiger partial charge in [0.25, 0.3) is 0 Å². The van der Waals surface area contributed by atoms with Crippen LogP contribution in [0.4, 0.5) is 0 Å². The molecule has 0 bridgehead atoms. The smallest absolute Gasteiger partial charge is 0.115 e. The summed E-state index contributed by atoms with van der Waals surface area (Å²) >= 11 is 0. The summed E-state index contributed by atoms with van der Waals surface area (Å²) in [6.45, 7) is 8.45. The van der Waals surface area contributed by atoms with Crippen molar-refractivity contribution in [1.29, 1.82) is 0 Å². The van der Waals surface area contributed by atoms with Crippen LogP contribution in [0.1, 0.15) is 26.5 Å². The van der Waals surface area contributed by atoms with E-state index in [0.29, 0.717) is 0 Å². The van der Waals surface area contributed by atoms with Crippen molar-refractivity contribution >= 4 is 0 Å². The SMILES string of the molecule is CCOC(C)(C)CNCc1ccncn1. The van der Waals surface area contributed by atoms with Crippen LogP contribution in [0.15, 0.2) is 18.6 Å². The largest absolute Gasteiger partial charge is 0.375 e. The first-order chi connectivity index (χ1) is 7.14. The van der Waals surface area contributed by atoms with Crippen molar-refractivity contribution in [3.63, 3.8) is 0 Å². The van der Waals surface area contributed by atoms with Crippen molar-refractivity contribution in [3.8, 4) is 0 Å². The maximum absolute atomic E-state index is 5.57. The molecule has 0 radical (unpaired) electrons. The van der Waals surface area contributed by atoms with Gasteiger partial charge < -0.3 is 10.1 Å². The summed E-state index contributed by atoms with van der Waals surface area (Å²) in [5.74, 6) is 0. The first kappa shape index (κ1) is 12.1. The molecule has 15 heavy (non-hydrogen) atoms. The van der Waals surface area contributed by atoms with Crippen LogP contribution in [-0.4, -0.2) is 28.7 Å². The predicted octanol–water partition coefficient (Wildman–Crippen LogP) is 1.38. The summed E-state index contributed by atoms with van der Waals surface area (Å²) in [6.07, 6.45) is 3.31. The molecule has 0 amide bonds. The normalized spacial score (nSPS) is 11.7. The quantitative estimate of drug-likeness (QED) is 0.769. The molecule has 0 saturated heterocycles. The van der Waals surface area contributed by atoms with Crippen LogP contribution in [0.25, 0.3) is 0 Å². The van der Waals surface area contributed by atoms with Crippen LogP contribution in [0.3, 0.4) is 0 Å². The van der Waals surface area contributed by atoms with Gasteiger partial charge in [0.1, 0.15) is 6.33 Å². The molecule has 1 aromatic rings. The van der Waals surface area contributed by atoms with E-state index in [4.69, 9.17) is 4.74 Å². The predicted molar refractivity (Wildman–Crippen MR) is 59.4 cm³/mol. The summed E-state index contributed by atoms with van der Waals surface area (Å²) in [4.78, 5) is 8.00. The van der Waals surface area contributed by atoms with Gasteiger partial charge in [-0.1, -0.05) is 0 Å². The van der Waals surface area contributed by atoms with Gasteiger partial charge in [0.2, 0.25) is 0 Å². The van der Waals surface area contributed by atoms with Crippen LogP contribution in [0.5, 0.6) is 0 Å². The Hall–Kier alpha value is -1.00. The van der Waals surface area contributed by atoms with Crippen molar-refractivity contribution in [1.82, 2.24) is 15.3 Å². The monoisotopic (exact) mass is 209 g/mol. The van der Waals surface area contributed by atoms with E-state index in [1.807, 2.05) is 13.0 Å². The lowest BCUT2D eigenvalue weighted by Gasteiger charge is -2.24. The molecule has 0 aliphatic heterocycles. The van der Waals surface area contributed by atoms with Crippen molar-refractivity contribution in [2.24, 2.45) is 0 Å². The van der Waals surface area contributed by atoms with Gasteiger partial charge in [-0.15, -0.1) is 0 Å². The minimum absolute atomic E-state index is 0.123. The highest BCUT2D eigenvalue weighted by atomic mass is 16.5. The van der Waals surface area contributed by atoms with Gasteiger partial charge in [0, 0.05) is 25.9 Å². The minimum atomic E-state index is -0.123. The molecule has 4 heteroatoms. The molecule has 84 valence electrons. The second-order valence-corrected chi connectivity index (χ2v) is 4.00. The first-order valence-electron chi connectivity index (χ1n) is 5.23. The number of nitrogens with zero attached hydrogens (tertiary/aromatic N) is 2. The Bertz CT molecular complexity index is 274. The van der Waals surface area contributed by atoms with E-state index in [9.17, 15) is 0 Å². The minimum Gasteiger partial charge on any atom is -0.375 e. The lowest BCUT2D eigenvalue weighted by atomic mass is 10.1. The number of hydrogen-bond acceptors (Lipinski definition) is 4. The second-order valence-electron chi connectivity index (χ2n) is 4.00. The second kappa shape index (κ2) is 5.78. The maximum atomic E-state index is 5.57. The highest BCUT2D eigenvalue weighted by Gasteiger charge is 2.16. The molecule has 0 aliphatic carbocycles. The zero-order valence-electron chi connectivity index (χ0n) is 9.66. The first-order valence-corrected chi connectivity index (χ1v) is 5.23. The van der Waals surface area contributed by atoms with Crippen molar-refractivity contribution in [2.45, 2.75) is 32.9 Å². The van der Waals surface area contributed by atoms with Gasteiger partial charge in [-0.2, -0.15) is 0 Å². The van der Waals surface area contributed by atoms with Gasteiger partial charge in [-0.25, -0.2) is 9.97 Å². The van der Waals surface area contributed by atoms with Gasteiger partial charge in [0.05, 0.1) is 11.3 Å². The van der Waals surface area contributed by atoms with Crippen LogP contribution >= 0.6 is 0 Å². The summed E-state index contributed by atoms with van der Waals surface area (Å²) < 4.78 is 5.57. The van der Waals surface area contributed by atoms with E-state index < -0.39 is 0 Å². The van der Waals surface area contributed by atoms with E-state index in [2.05, 4.69) is 29.1 Å². The number of nitrogens with one attached hydrogen (secondary N) is 1. The molecule has 1 aromatic heterocycles. The molecule has 1 N–H and O–H groups in total. The zero-order valence-corrected chi connectivity index (χ0v) is 9.66. The summed E-state index contributed by atoms with van der Waals surface area (Å²) in [7, 11) is 0. The zero-order chi connectivity index (χ0) is 11.1. The van der Waals surface area contributed by atoms with Gasteiger partial charge >= 0.3 is 0 Å². The van der Waals surface area contributed by atoms with Crippen LogP contribution in [-0.2, 0) is 11.3 Å². The number of rotatable bonds is 6. The molecule has 0 aromatic carbocycles. The fourth-order valence-corrected chi connectivity index (χ4v) is 1.36. The van der Waals surface area contributed by atoms with E-state index in [1.165, 1.54) is 0 Å². The van der Waals surface area contributed by atoms with E-state index >= 15 is 0 Å². The molecule has 1 rings (SSSR count). The van der Waals surface area contributed by atoms with Crippen molar-refractivity contribution in [2.75, 3.05) is 13.2 Å². The Labute approximate surface area is 91.1 Å². The molecule has 0 fully saturated rings. The Morgan fingerprint density at radius 1 is 1.47 bits per heavy atom. The number of hydrogen-bond donors (Lipinski definition) is 1. The average Bonchev–Trinajstić information content (AvgIpc) is 2.19. The molecular formula is C11H19N3O. The number of ether oxygens (including phenoxy) is 1. The van der Waals surface area contributed by atoms with E-state index in [1.54, 1.807) is 12.5 Å². The lowest BCUT2D eigenvalue weighted by Crippen LogP contribution is -2.37.